The molecule has 1 aliphatic heterocycles. The van der Waals surface area contributed by atoms with Crippen LogP contribution in [0.2, 0.25) is 0 Å². The van der Waals surface area contributed by atoms with Crippen molar-refractivity contribution in [3.05, 3.63) is 35.8 Å². The van der Waals surface area contributed by atoms with E-state index in [0.29, 0.717) is 5.52 Å². The molecule has 0 bridgehead atoms. The zero-order chi connectivity index (χ0) is 16.3. The van der Waals surface area contributed by atoms with Crippen molar-refractivity contribution < 1.29 is 34.7 Å². The predicted octanol–water partition coefficient (Wildman–Crippen LogP) is 0.0511. The lowest BCUT2D eigenvalue weighted by molar-refractivity contribution is -0.325. The van der Waals surface area contributed by atoms with E-state index < -0.39 is 36.1 Å². The van der Waals surface area contributed by atoms with Crippen molar-refractivity contribution in [1.82, 2.24) is 9.88 Å². The molecule has 1 amide bonds. The van der Waals surface area contributed by atoms with Crippen LogP contribution in [0, 0.1) is 5.82 Å². The highest BCUT2D eigenvalue weighted by molar-refractivity contribution is 5.84. The first-order valence-electron chi connectivity index (χ1n) is 6.34. The molecule has 1 aromatic heterocycles. The molecule has 3 rings (SSSR count). The number of carbonyl (C=O) groups is 1. The van der Waals surface area contributed by atoms with Gasteiger partial charge < -0.3 is 30.5 Å². The first-order valence-corrected chi connectivity index (χ1v) is 6.34. The van der Waals surface area contributed by atoms with Crippen molar-refractivity contribution in [2.45, 2.75) is 24.2 Å². The van der Waals surface area contributed by atoms with Gasteiger partial charge in [-0.05, 0) is 17.7 Å². The first kappa shape index (κ1) is 14.7. The third-order valence-corrected chi connectivity index (χ3v) is 3.88. The third-order valence-electron chi connectivity index (χ3n) is 3.88. The van der Waals surface area contributed by atoms with Crippen LogP contribution >= 0.6 is 0 Å². The van der Waals surface area contributed by atoms with Gasteiger partial charge in [0.2, 0.25) is 0 Å². The third kappa shape index (κ3) is 1.87. The minimum Gasteiger partial charge on any atom is -0.465 e. The predicted molar refractivity (Wildman–Crippen MR) is 69.8 cm³/mol. The van der Waals surface area contributed by atoms with Crippen LogP contribution in [0.5, 0.6) is 0 Å². The van der Waals surface area contributed by atoms with Crippen molar-refractivity contribution in [3.8, 4) is 0 Å². The highest BCUT2D eigenvalue weighted by Gasteiger charge is 2.62. The van der Waals surface area contributed by atoms with Gasteiger partial charge in [-0.3, -0.25) is 0 Å². The van der Waals surface area contributed by atoms with Crippen LogP contribution < -0.4 is 0 Å². The van der Waals surface area contributed by atoms with Crippen LogP contribution in [-0.4, -0.2) is 53.3 Å². The summed E-state index contributed by atoms with van der Waals surface area (Å²) in [5.74, 6) is -8.20. The minimum atomic E-state index is -3.10. The Hall–Kier alpha value is -2.20. The fourth-order valence-electron chi connectivity index (χ4n) is 2.97. The first-order chi connectivity index (χ1) is 10.2. The number of H-pyrrole nitrogens is 1. The van der Waals surface area contributed by atoms with Crippen molar-refractivity contribution >= 4 is 17.0 Å². The maximum atomic E-state index is 14.0. The van der Waals surface area contributed by atoms with Gasteiger partial charge in [-0.2, -0.15) is 0 Å². The largest absolute Gasteiger partial charge is 0.465 e. The highest BCUT2D eigenvalue weighted by Crippen LogP contribution is 2.47. The molecule has 1 atom stereocenters. The molecular formula is C13H13FN2O6. The molecule has 1 unspecified atom stereocenters. The van der Waals surface area contributed by atoms with E-state index in [1.54, 1.807) is 6.07 Å². The molecule has 0 aliphatic carbocycles. The molecule has 2 aromatic rings. The molecule has 6 N–H and O–H groups in total. The van der Waals surface area contributed by atoms with Crippen LogP contribution in [0.15, 0.2) is 24.4 Å². The zero-order valence-electron chi connectivity index (χ0n) is 11.1. The SMILES string of the molecule is O=C(O)N1C(O)(O)CC(c2c[nH]c3cccc(F)c23)C1(O)O. The van der Waals surface area contributed by atoms with Crippen LogP contribution in [0.1, 0.15) is 17.9 Å². The Morgan fingerprint density at radius 1 is 1.32 bits per heavy atom. The summed E-state index contributed by atoms with van der Waals surface area (Å²) in [6.07, 6.45) is -1.38. The lowest BCUT2D eigenvalue weighted by Crippen LogP contribution is -2.57. The molecule has 0 radical (unpaired) electrons. The summed E-state index contributed by atoms with van der Waals surface area (Å²) >= 11 is 0. The molecule has 8 nitrogen and oxygen atoms in total. The van der Waals surface area contributed by atoms with E-state index in [1.807, 2.05) is 0 Å². The molecule has 9 heteroatoms. The van der Waals surface area contributed by atoms with E-state index in [9.17, 15) is 29.6 Å². The van der Waals surface area contributed by atoms with Gasteiger partial charge in [0.05, 0.1) is 5.92 Å². The number of carboxylic acid groups (broad SMARTS) is 1. The van der Waals surface area contributed by atoms with E-state index in [-0.39, 0.29) is 15.8 Å². The second kappa shape index (κ2) is 4.40. The number of aromatic nitrogens is 1. The summed E-state index contributed by atoms with van der Waals surface area (Å²) in [4.78, 5) is 13.5. The summed E-state index contributed by atoms with van der Waals surface area (Å²) < 4.78 is 14.0. The van der Waals surface area contributed by atoms with E-state index in [2.05, 4.69) is 4.98 Å². The quantitative estimate of drug-likeness (QED) is 0.412. The normalized spacial score (nSPS) is 23.1. The molecule has 1 aromatic carbocycles. The number of rotatable bonds is 1. The molecule has 2 heterocycles. The van der Waals surface area contributed by atoms with Gasteiger partial charge in [-0.1, -0.05) is 6.07 Å². The molecule has 1 fully saturated rings. The Balaban J connectivity index is 2.17. The van der Waals surface area contributed by atoms with E-state index >= 15 is 0 Å². The second-order valence-corrected chi connectivity index (χ2v) is 5.24. The van der Waals surface area contributed by atoms with Crippen molar-refractivity contribution in [1.29, 1.82) is 0 Å². The molecule has 118 valence electrons. The number of halogens is 1. The number of likely N-dealkylation sites (tertiary alicyclic amines) is 1. The number of benzene rings is 1. The summed E-state index contributed by atoms with van der Waals surface area (Å²) in [5.41, 5.74) is 0.398. The highest BCUT2D eigenvalue weighted by atomic mass is 19.1. The number of nitrogens with zero attached hydrogens (tertiary/aromatic N) is 1. The molecule has 1 saturated heterocycles. The van der Waals surface area contributed by atoms with Crippen LogP contribution in [0.3, 0.4) is 0 Å². The number of hydrogen-bond donors (Lipinski definition) is 6. The average molecular weight is 312 g/mol. The van der Waals surface area contributed by atoms with Gasteiger partial charge >= 0.3 is 6.09 Å². The van der Waals surface area contributed by atoms with E-state index in [0.717, 1.165) is 6.07 Å². The number of aromatic amines is 1. The minimum absolute atomic E-state index is 0.0306. The summed E-state index contributed by atoms with van der Waals surface area (Å²) in [6, 6.07) is 4.15. The lowest BCUT2D eigenvalue weighted by Gasteiger charge is -2.33. The van der Waals surface area contributed by atoms with Crippen LogP contribution in [0.25, 0.3) is 10.9 Å². The topological polar surface area (TPSA) is 137 Å². The van der Waals surface area contributed by atoms with Gasteiger partial charge in [-0.15, -0.1) is 0 Å². The van der Waals surface area contributed by atoms with Gasteiger partial charge in [-0.25, -0.2) is 14.1 Å². The second-order valence-electron chi connectivity index (χ2n) is 5.24. The Kier molecular flexibility index (Phi) is 2.94. The Morgan fingerprint density at radius 3 is 2.59 bits per heavy atom. The van der Waals surface area contributed by atoms with Gasteiger partial charge in [0.15, 0.2) is 0 Å². The summed E-state index contributed by atoms with van der Waals surface area (Å²) in [7, 11) is 0. The van der Waals surface area contributed by atoms with E-state index in [4.69, 9.17) is 5.11 Å². The average Bonchev–Trinajstić information content (AvgIpc) is 2.86. The lowest BCUT2D eigenvalue weighted by atomic mass is 9.93. The number of amides is 1. The molecular weight excluding hydrogens is 299 g/mol. The smallest absolute Gasteiger partial charge is 0.415 e. The molecule has 0 spiro atoms. The van der Waals surface area contributed by atoms with Crippen LogP contribution in [0.4, 0.5) is 9.18 Å². The number of hydrogen-bond acceptors (Lipinski definition) is 5. The molecule has 22 heavy (non-hydrogen) atoms. The molecule has 0 saturated carbocycles. The van der Waals surface area contributed by atoms with Crippen molar-refractivity contribution in [2.75, 3.05) is 0 Å². The van der Waals surface area contributed by atoms with E-state index in [1.165, 1.54) is 12.3 Å². The summed E-state index contributed by atoms with van der Waals surface area (Å²) in [5, 5.41) is 48.7. The fourth-order valence-corrected chi connectivity index (χ4v) is 2.97. The maximum Gasteiger partial charge on any atom is 0.415 e. The fraction of sp³-hybridized carbons (Fsp3) is 0.308. The zero-order valence-corrected chi connectivity index (χ0v) is 11.1. The number of aliphatic hydroxyl groups is 4. The Labute approximate surface area is 122 Å². The van der Waals surface area contributed by atoms with Crippen molar-refractivity contribution in [3.63, 3.8) is 0 Å². The van der Waals surface area contributed by atoms with Gasteiger partial charge in [0, 0.05) is 23.5 Å². The Bertz CT molecular complexity index is 756. The monoisotopic (exact) mass is 312 g/mol. The number of nitrogens with one attached hydrogen (secondary N) is 1. The van der Waals surface area contributed by atoms with Gasteiger partial charge in [0.1, 0.15) is 5.82 Å². The number of fused-ring (bicyclic) bond motifs is 1. The van der Waals surface area contributed by atoms with Gasteiger partial charge in [0.25, 0.3) is 11.8 Å². The summed E-state index contributed by atoms with van der Waals surface area (Å²) in [6.45, 7) is 0. The maximum absolute atomic E-state index is 14.0. The molecule has 1 aliphatic rings. The standard InChI is InChI=1S/C13H13FN2O6/c14-8-2-1-3-9-10(8)6(5-15-9)7-4-12(19,20)16(11(17)18)13(7,21)22/h1-3,5,7,15,19-22H,4H2,(H,17,18). The van der Waals surface area contributed by atoms with Crippen LogP contribution in [-0.2, 0) is 0 Å². The van der Waals surface area contributed by atoms with Crippen molar-refractivity contribution in [2.24, 2.45) is 0 Å². The Morgan fingerprint density at radius 2 is 2.00 bits per heavy atom.